The first kappa shape index (κ1) is 13.8. The van der Waals surface area contributed by atoms with Crippen LogP contribution in [0.2, 0.25) is 10.0 Å². The Morgan fingerprint density at radius 1 is 1.17 bits per heavy atom. The fourth-order valence-corrected chi connectivity index (χ4v) is 2.37. The predicted octanol–water partition coefficient (Wildman–Crippen LogP) is 4.39. The number of rotatable bonds is 3. The maximum atomic E-state index is 6.15. The molecule has 0 aliphatic heterocycles. The van der Waals surface area contributed by atoms with Gasteiger partial charge in [0.15, 0.2) is 0 Å². The highest BCUT2D eigenvalue weighted by molar-refractivity contribution is 9.10. The van der Waals surface area contributed by atoms with Crippen molar-refractivity contribution in [1.29, 1.82) is 0 Å². The van der Waals surface area contributed by atoms with Crippen LogP contribution < -0.4 is 5.73 Å². The van der Waals surface area contributed by atoms with E-state index in [1.807, 2.05) is 18.2 Å². The third kappa shape index (κ3) is 3.45. The Morgan fingerprint density at radius 3 is 2.61 bits per heavy atom. The first-order valence-corrected chi connectivity index (χ1v) is 6.91. The van der Waals surface area contributed by atoms with Gasteiger partial charge in [0.25, 0.3) is 0 Å². The largest absolute Gasteiger partial charge is 0.324 e. The van der Waals surface area contributed by atoms with Gasteiger partial charge in [0.1, 0.15) is 0 Å². The van der Waals surface area contributed by atoms with E-state index in [0.29, 0.717) is 16.5 Å². The molecule has 0 aliphatic rings. The summed E-state index contributed by atoms with van der Waals surface area (Å²) in [5.74, 6) is 0. The molecule has 1 unspecified atom stereocenters. The lowest BCUT2D eigenvalue weighted by Gasteiger charge is -2.12. The van der Waals surface area contributed by atoms with Crippen molar-refractivity contribution < 1.29 is 0 Å². The second-order valence-corrected chi connectivity index (χ2v) is 5.73. The average Bonchev–Trinajstić information content (AvgIpc) is 2.34. The number of pyridine rings is 1. The van der Waals surface area contributed by atoms with Crippen molar-refractivity contribution in [3.63, 3.8) is 0 Å². The molecular formula is C13H11BrCl2N2. The zero-order valence-electron chi connectivity index (χ0n) is 9.41. The SMILES string of the molecule is NC(Cc1ccc(Cl)c(Cl)c1)c1cncc(Br)c1. The molecule has 0 fully saturated rings. The van der Waals surface area contributed by atoms with E-state index < -0.39 is 0 Å². The Hall–Kier alpha value is -0.610. The van der Waals surface area contributed by atoms with Crippen molar-refractivity contribution in [2.45, 2.75) is 12.5 Å². The molecule has 0 saturated carbocycles. The summed E-state index contributed by atoms with van der Waals surface area (Å²) in [5.41, 5.74) is 8.18. The summed E-state index contributed by atoms with van der Waals surface area (Å²) >= 11 is 15.2. The molecule has 0 aliphatic carbocycles. The number of hydrogen-bond donors (Lipinski definition) is 1. The molecule has 1 heterocycles. The first-order chi connectivity index (χ1) is 8.56. The molecule has 2 aromatic rings. The second kappa shape index (κ2) is 6.02. The van der Waals surface area contributed by atoms with Gasteiger partial charge in [0.05, 0.1) is 10.0 Å². The lowest BCUT2D eigenvalue weighted by atomic mass is 10.0. The van der Waals surface area contributed by atoms with E-state index in [2.05, 4.69) is 20.9 Å². The summed E-state index contributed by atoms with van der Waals surface area (Å²) in [6.45, 7) is 0. The second-order valence-electron chi connectivity index (χ2n) is 4.00. The maximum Gasteiger partial charge on any atom is 0.0595 e. The highest BCUT2D eigenvalue weighted by Gasteiger charge is 2.09. The van der Waals surface area contributed by atoms with Crippen LogP contribution in [0.4, 0.5) is 0 Å². The van der Waals surface area contributed by atoms with Gasteiger partial charge in [-0.1, -0.05) is 29.3 Å². The molecule has 5 heteroatoms. The minimum atomic E-state index is -0.118. The summed E-state index contributed by atoms with van der Waals surface area (Å²) in [7, 11) is 0. The predicted molar refractivity (Wildman–Crippen MR) is 79.0 cm³/mol. The van der Waals surface area contributed by atoms with Gasteiger partial charge >= 0.3 is 0 Å². The molecule has 0 amide bonds. The summed E-state index contributed by atoms with van der Waals surface area (Å²) in [6, 6.07) is 7.40. The number of hydrogen-bond acceptors (Lipinski definition) is 2. The number of benzene rings is 1. The maximum absolute atomic E-state index is 6.15. The van der Waals surface area contributed by atoms with Crippen LogP contribution in [-0.4, -0.2) is 4.98 Å². The normalized spacial score (nSPS) is 12.4. The number of nitrogens with zero attached hydrogens (tertiary/aromatic N) is 1. The van der Waals surface area contributed by atoms with Crippen molar-refractivity contribution in [2.75, 3.05) is 0 Å². The lowest BCUT2D eigenvalue weighted by Crippen LogP contribution is -2.13. The molecule has 0 saturated heterocycles. The van der Waals surface area contributed by atoms with Gasteiger partial charge in [-0.2, -0.15) is 0 Å². The van der Waals surface area contributed by atoms with Crippen LogP contribution >= 0.6 is 39.1 Å². The van der Waals surface area contributed by atoms with Crippen molar-refractivity contribution >= 4 is 39.1 Å². The Kier molecular flexibility index (Phi) is 4.62. The third-order valence-electron chi connectivity index (χ3n) is 2.59. The van der Waals surface area contributed by atoms with Crippen molar-refractivity contribution in [1.82, 2.24) is 4.98 Å². The van der Waals surface area contributed by atoms with Crippen LogP contribution in [0.15, 0.2) is 41.1 Å². The van der Waals surface area contributed by atoms with E-state index in [1.165, 1.54) is 0 Å². The molecule has 1 aromatic carbocycles. The Balaban J connectivity index is 2.16. The smallest absolute Gasteiger partial charge is 0.0595 e. The number of halogens is 3. The molecule has 0 spiro atoms. The summed E-state index contributed by atoms with van der Waals surface area (Å²) in [5, 5.41) is 1.10. The third-order valence-corrected chi connectivity index (χ3v) is 3.77. The van der Waals surface area contributed by atoms with E-state index in [1.54, 1.807) is 18.5 Å². The minimum Gasteiger partial charge on any atom is -0.324 e. The van der Waals surface area contributed by atoms with Gasteiger partial charge in [-0.25, -0.2) is 0 Å². The molecule has 2 nitrogen and oxygen atoms in total. The minimum absolute atomic E-state index is 0.118. The molecule has 1 atom stereocenters. The fraction of sp³-hybridized carbons (Fsp3) is 0.154. The van der Waals surface area contributed by atoms with Crippen molar-refractivity contribution in [3.05, 3.63) is 62.3 Å². The highest BCUT2D eigenvalue weighted by Crippen LogP contribution is 2.25. The zero-order valence-corrected chi connectivity index (χ0v) is 12.5. The van der Waals surface area contributed by atoms with E-state index in [0.717, 1.165) is 15.6 Å². The van der Waals surface area contributed by atoms with Crippen LogP contribution in [0.5, 0.6) is 0 Å². The summed E-state index contributed by atoms with van der Waals surface area (Å²) in [6.07, 6.45) is 4.19. The van der Waals surface area contributed by atoms with E-state index in [9.17, 15) is 0 Å². The van der Waals surface area contributed by atoms with Crippen LogP contribution in [0.3, 0.4) is 0 Å². The standard InChI is InChI=1S/C13H11BrCl2N2/c14-10-5-9(6-18-7-10)13(17)4-8-1-2-11(15)12(16)3-8/h1-3,5-7,13H,4,17H2. The van der Waals surface area contributed by atoms with Gasteiger partial charge in [-0.3, -0.25) is 4.98 Å². The monoisotopic (exact) mass is 344 g/mol. The summed E-state index contributed by atoms with van der Waals surface area (Å²) < 4.78 is 0.921. The number of aromatic nitrogens is 1. The van der Waals surface area contributed by atoms with Crippen molar-refractivity contribution in [2.24, 2.45) is 5.73 Å². The van der Waals surface area contributed by atoms with Gasteiger partial charge in [-0.15, -0.1) is 0 Å². The van der Waals surface area contributed by atoms with Gasteiger partial charge in [0, 0.05) is 22.9 Å². The van der Waals surface area contributed by atoms with Crippen LogP contribution in [-0.2, 0) is 6.42 Å². The molecule has 2 rings (SSSR count). The molecule has 0 bridgehead atoms. The highest BCUT2D eigenvalue weighted by atomic mass is 79.9. The van der Waals surface area contributed by atoms with E-state index in [4.69, 9.17) is 28.9 Å². The molecule has 2 N–H and O–H groups in total. The van der Waals surface area contributed by atoms with Crippen LogP contribution in [0.1, 0.15) is 17.2 Å². The van der Waals surface area contributed by atoms with Gasteiger partial charge in [-0.05, 0) is 51.7 Å². The quantitative estimate of drug-likeness (QED) is 0.895. The van der Waals surface area contributed by atoms with Gasteiger partial charge < -0.3 is 5.73 Å². The van der Waals surface area contributed by atoms with E-state index in [-0.39, 0.29) is 6.04 Å². The Morgan fingerprint density at radius 2 is 1.94 bits per heavy atom. The van der Waals surface area contributed by atoms with Crippen LogP contribution in [0, 0.1) is 0 Å². The molecule has 1 aromatic heterocycles. The zero-order chi connectivity index (χ0) is 13.1. The van der Waals surface area contributed by atoms with Crippen molar-refractivity contribution in [3.8, 4) is 0 Å². The molecule has 94 valence electrons. The lowest BCUT2D eigenvalue weighted by molar-refractivity contribution is 0.717. The average molecular weight is 346 g/mol. The summed E-state index contributed by atoms with van der Waals surface area (Å²) in [4.78, 5) is 4.10. The Labute approximate surface area is 124 Å². The van der Waals surface area contributed by atoms with Crippen LogP contribution in [0.25, 0.3) is 0 Å². The van der Waals surface area contributed by atoms with E-state index >= 15 is 0 Å². The molecule has 18 heavy (non-hydrogen) atoms. The molecular weight excluding hydrogens is 335 g/mol. The number of nitrogens with two attached hydrogens (primary N) is 1. The first-order valence-electron chi connectivity index (χ1n) is 5.36. The topological polar surface area (TPSA) is 38.9 Å². The fourth-order valence-electron chi connectivity index (χ4n) is 1.67. The Bertz CT molecular complexity index is 560. The van der Waals surface area contributed by atoms with Gasteiger partial charge in [0.2, 0.25) is 0 Å². The molecule has 0 radical (unpaired) electrons.